The predicted molar refractivity (Wildman–Crippen MR) is 151 cm³/mol. The van der Waals surface area contributed by atoms with E-state index >= 15 is 0 Å². The molecular formula is C29H29ClN2O7S. The van der Waals surface area contributed by atoms with Crippen LogP contribution in [0.4, 0.5) is 4.79 Å². The van der Waals surface area contributed by atoms with Gasteiger partial charge in [0.25, 0.3) is 10.0 Å². The van der Waals surface area contributed by atoms with Crippen molar-refractivity contribution < 1.29 is 32.9 Å². The van der Waals surface area contributed by atoms with Gasteiger partial charge in [0.1, 0.15) is 24.1 Å². The Morgan fingerprint density at radius 3 is 2.55 bits per heavy atom. The molecule has 1 aliphatic rings. The largest absolute Gasteiger partial charge is 0.490 e. The monoisotopic (exact) mass is 584 g/mol. The number of hydrogen-bond donors (Lipinski definition) is 3. The van der Waals surface area contributed by atoms with Gasteiger partial charge in [0.15, 0.2) is 0 Å². The summed E-state index contributed by atoms with van der Waals surface area (Å²) in [7, 11) is -4.11. The molecule has 210 valence electrons. The first-order valence-corrected chi connectivity index (χ1v) is 14.4. The fourth-order valence-corrected chi connectivity index (χ4v) is 6.51. The number of aliphatic hydroxyl groups is 2. The van der Waals surface area contributed by atoms with Crippen molar-refractivity contribution >= 4 is 38.6 Å². The van der Waals surface area contributed by atoms with Crippen LogP contribution in [-0.4, -0.2) is 47.5 Å². The van der Waals surface area contributed by atoms with Crippen LogP contribution < -0.4 is 10.1 Å². The summed E-state index contributed by atoms with van der Waals surface area (Å²) in [4.78, 5) is 12.5. The smallest absolute Gasteiger partial charge is 0.408 e. The Morgan fingerprint density at radius 1 is 1.15 bits per heavy atom. The third-order valence-corrected chi connectivity index (χ3v) is 8.40. The Bertz CT molecular complexity index is 1700. The molecule has 1 unspecified atom stereocenters. The minimum atomic E-state index is -4.11. The molecule has 4 aromatic rings. The summed E-state index contributed by atoms with van der Waals surface area (Å²) >= 11 is 6.36. The van der Waals surface area contributed by atoms with Crippen LogP contribution in [0.25, 0.3) is 22.2 Å². The van der Waals surface area contributed by atoms with Crippen LogP contribution in [0.5, 0.6) is 5.75 Å². The Hall–Kier alpha value is -3.57. The van der Waals surface area contributed by atoms with Crippen LogP contribution in [0, 0.1) is 0 Å². The van der Waals surface area contributed by atoms with Gasteiger partial charge in [-0.1, -0.05) is 35.9 Å². The number of hydrogen-bond acceptors (Lipinski definition) is 7. The standard InChI is InChI=1S/C29H29ClN2O7S/c1-29(2,3)39-28(35)31-23-16-38-27-21(23)9-10-24-22(27)14-25(17-11-18(26(34)15-33)13-19(30)12-17)32(24)40(36,37)20-7-5-4-6-8-20/h4-14,23,26,33-34H,15-16H2,1-3H3,(H,31,35)/t23?,26-/m0/s1. The van der Waals surface area contributed by atoms with E-state index in [1.165, 1.54) is 22.2 Å². The highest BCUT2D eigenvalue weighted by Gasteiger charge is 2.32. The Balaban J connectivity index is 1.70. The molecule has 1 amide bonds. The first-order valence-electron chi connectivity index (χ1n) is 12.6. The fraction of sp³-hybridized carbons (Fsp3) is 0.276. The molecular weight excluding hydrogens is 556 g/mol. The van der Waals surface area contributed by atoms with Gasteiger partial charge in [0, 0.05) is 21.5 Å². The predicted octanol–water partition coefficient (Wildman–Crippen LogP) is 5.18. The van der Waals surface area contributed by atoms with Crippen LogP contribution in [0.2, 0.25) is 5.02 Å². The number of amides is 1. The number of nitrogens with one attached hydrogen (secondary N) is 1. The van der Waals surface area contributed by atoms with E-state index in [1.807, 2.05) is 0 Å². The molecule has 0 bridgehead atoms. The van der Waals surface area contributed by atoms with Gasteiger partial charge in [-0.25, -0.2) is 17.2 Å². The molecule has 0 fully saturated rings. The average molecular weight is 585 g/mol. The molecule has 9 nitrogen and oxygen atoms in total. The van der Waals surface area contributed by atoms with E-state index in [0.29, 0.717) is 33.3 Å². The molecule has 11 heteroatoms. The van der Waals surface area contributed by atoms with E-state index in [0.717, 1.165) is 0 Å². The van der Waals surface area contributed by atoms with Crippen molar-refractivity contribution in [1.29, 1.82) is 0 Å². The maximum absolute atomic E-state index is 14.0. The van der Waals surface area contributed by atoms with Gasteiger partial charge in [-0.15, -0.1) is 0 Å². The number of ether oxygens (including phenoxy) is 2. The van der Waals surface area contributed by atoms with E-state index in [-0.39, 0.29) is 22.2 Å². The molecule has 0 aliphatic carbocycles. The molecule has 0 spiro atoms. The average Bonchev–Trinajstić information content (AvgIpc) is 3.49. The Kier molecular flexibility index (Phi) is 7.30. The lowest BCUT2D eigenvalue weighted by atomic mass is 10.0. The molecule has 5 rings (SSSR count). The maximum atomic E-state index is 14.0. The maximum Gasteiger partial charge on any atom is 0.408 e. The zero-order chi connectivity index (χ0) is 28.8. The quantitative estimate of drug-likeness (QED) is 0.285. The van der Waals surface area contributed by atoms with Crippen LogP contribution in [0.15, 0.2) is 71.6 Å². The van der Waals surface area contributed by atoms with Gasteiger partial charge < -0.3 is 25.0 Å². The highest BCUT2D eigenvalue weighted by atomic mass is 35.5. The lowest BCUT2D eigenvalue weighted by molar-refractivity contribution is 0.0497. The minimum Gasteiger partial charge on any atom is -0.490 e. The normalized spacial score (nSPS) is 15.9. The van der Waals surface area contributed by atoms with Gasteiger partial charge in [-0.3, -0.25) is 0 Å². The van der Waals surface area contributed by atoms with E-state index in [9.17, 15) is 23.4 Å². The van der Waals surface area contributed by atoms with Crippen molar-refractivity contribution in [3.8, 4) is 17.0 Å². The molecule has 3 N–H and O–H groups in total. The van der Waals surface area contributed by atoms with Crippen LogP contribution in [0.3, 0.4) is 0 Å². The molecule has 0 saturated carbocycles. The fourth-order valence-electron chi connectivity index (χ4n) is 4.72. The van der Waals surface area contributed by atoms with E-state index < -0.39 is 40.5 Å². The summed E-state index contributed by atoms with van der Waals surface area (Å²) in [6.07, 6.45) is -1.79. The summed E-state index contributed by atoms with van der Waals surface area (Å²) in [6, 6.07) is 17.3. The Morgan fingerprint density at radius 2 is 1.88 bits per heavy atom. The third-order valence-electron chi connectivity index (χ3n) is 6.44. The highest BCUT2D eigenvalue weighted by Crippen LogP contribution is 2.43. The van der Waals surface area contributed by atoms with Crippen LogP contribution >= 0.6 is 11.6 Å². The van der Waals surface area contributed by atoms with Gasteiger partial charge in [-0.2, -0.15) is 0 Å². The van der Waals surface area contributed by atoms with Gasteiger partial charge in [-0.05, 0) is 68.8 Å². The molecule has 2 atom stereocenters. The Labute approximate surface area is 237 Å². The van der Waals surface area contributed by atoms with Gasteiger partial charge in [0.05, 0.1) is 28.8 Å². The van der Waals surface area contributed by atoms with Crippen molar-refractivity contribution in [2.75, 3.05) is 13.2 Å². The zero-order valence-electron chi connectivity index (χ0n) is 22.1. The number of halogens is 1. The highest BCUT2D eigenvalue weighted by molar-refractivity contribution is 7.90. The SMILES string of the molecule is CC(C)(C)OC(=O)NC1COc2c1ccc1c2cc(-c2cc(Cl)cc([C@@H](O)CO)c2)n1S(=O)(=O)c1ccccc1. The minimum absolute atomic E-state index is 0.0808. The number of carbonyl (C=O) groups excluding carboxylic acids is 1. The van der Waals surface area contributed by atoms with Gasteiger partial charge in [0.2, 0.25) is 0 Å². The van der Waals surface area contributed by atoms with E-state index in [4.69, 9.17) is 21.1 Å². The van der Waals surface area contributed by atoms with Crippen LogP contribution in [0.1, 0.15) is 44.0 Å². The molecule has 40 heavy (non-hydrogen) atoms. The van der Waals surface area contributed by atoms with E-state index in [2.05, 4.69) is 5.32 Å². The molecule has 2 heterocycles. The molecule has 3 aromatic carbocycles. The summed E-state index contributed by atoms with van der Waals surface area (Å²) in [5.74, 6) is 0.444. The van der Waals surface area contributed by atoms with Crippen molar-refractivity contribution in [3.63, 3.8) is 0 Å². The molecule has 1 aliphatic heterocycles. The van der Waals surface area contributed by atoms with Crippen molar-refractivity contribution in [2.45, 2.75) is 43.4 Å². The van der Waals surface area contributed by atoms with Crippen molar-refractivity contribution in [2.24, 2.45) is 0 Å². The summed E-state index contributed by atoms with van der Waals surface area (Å²) in [6.45, 7) is 4.93. The molecule has 1 aromatic heterocycles. The summed E-state index contributed by atoms with van der Waals surface area (Å²) in [5.41, 5.74) is 1.41. The number of carbonyl (C=O) groups is 1. The number of benzene rings is 3. The van der Waals surface area contributed by atoms with Crippen molar-refractivity contribution in [1.82, 2.24) is 9.29 Å². The lowest BCUT2D eigenvalue weighted by Gasteiger charge is -2.21. The topological polar surface area (TPSA) is 127 Å². The number of rotatable bonds is 6. The first kappa shape index (κ1) is 28.0. The second kappa shape index (κ2) is 10.4. The first-order chi connectivity index (χ1) is 18.9. The zero-order valence-corrected chi connectivity index (χ0v) is 23.7. The summed E-state index contributed by atoms with van der Waals surface area (Å²) in [5, 5.41) is 23.4. The van der Waals surface area contributed by atoms with Crippen LogP contribution in [-0.2, 0) is 14.8 Å². The number of alkyl carbamates (subject to hydrolysis) is 1. The van der Waals surface area contributed by atoms with Crippen molar-refractivity contribution in [3.05, 3.63) is 82.9 Å². The number of nitrogens with zero attached hydrogens (tertiary/aromatic N) is 1. The number of aromatic nitrogens is 1. The molecule has 0 saturated heterocycles. The van der Waals surface area contributed by atoms with Gasteiger partial charge >= 0.3 is 6.09 Å². The second-order valence-electron chi connectivity index (χ2n) is 10.5. The molecule has 0 radical (unpaired) electrons. The third kappa shape index (κ3) is 5.27. The number of fused-ring (bicyclic) bond motifs is 3. The second-order valence-corrected chi connectivity index (χ2v) is 12.7. The summed E-state index contributed by atoms with van der Waals surface area (Å²) < 4.78 is 40.7. The van der Waals surface area contributed by atoms with E-state index in [1.54, 1.807) is 69.3 Å². The number of aliphatic hydroxyl groups excluding tert-OH is 2. The lowest BCUT2D eigenvalue weighted by Crippen LogP contribution is -2.35.